The zero-order valence-corrected chi connectivity index (χ0v) is 11.2. The molecule has 3 N–H and O–H groups in total. The fourth-order valence-corrected chi connectivity index (χ4v) is 2.22. The first-order valence-corrected chi connectivity index (χ1v) is 6.06. The molecule has 0 aliphatic heterocycles. The summed E-state index contributed by atoms with van der Waals surface area (Å²) in [5, 5.41) is 0. The molecule has 5 heteroatoms. The van der Waals surface area contributed by atoms with Crippen molar-refractivity contribution >= 4 is 0 Å². The molecule has 2 nitrogen and oxygen atoms in total. The van der Waals surface area contributed by atoms with Gasteiger partial charge in [-0.3, -0.25) is 11.3 Å². The zero-order valence-electron chi connectivity index (χ0n) is 11.2. The maximum Gasteiger partial charge on any atom is 0.389 e. The van der Waals surface area contributed by atoms with E-state index < -0.39 is 12.6 Å². The summed E-state index contributed by atoms with van der Waals surface area (Å²) in [6.45, 7) is 8.45. The predicted octanol–water partition coefficient (Wildman–Crippen LogP) is 3.62. The molecule has 0 aromatic heterocycles. The number of rotatable bonds is 6. The Hall–Kier alpha value is -0.290. The molecule has 2 unspecified atom stereocenters. The van der Waals surface area contributed by atoms with Crippen LogP contribution >= 0.6 is 0 Å². The molecular formula is C12H25F3N2. The van der Waals surface area contributed by atoms with Crippen molar-refractivity contribution in [2.75, 3.05) is 0 Å². The summed E-state index contributed by atoms with van der Waals surface area (Å²) in [5.74, 6) is 5.66. The Morgan fingerprint density at radius 3 is 2.06 bits per heavy atom. The Bertz CT molecular complexity index is 209. The molecule has 0 amide bonds. The molecule has 0 saturated carbocycles. The molecule has 0 aliphatic carbocycles. The summed E-state index contributed by atoms with van der Waals surface area (Å²) >= 11 is 0. The Kier molecular flexibility index (Phi) is 6.48. The van der Waals surface area contributed by atoms with E-state index in [-0.39, 0.29) is 17.9 Å². The van der Waals surface area contributed by atoms with Gasteiger partial charge in [0.1, 0.15) is 0 Å². The van der Waals surface area contributed by atoms with Gasteiger partial charge in [-0.05, 0) is 30.6 Å². The number of hydrogen-bond acceptors (Lipinski definition) is 2. The van der Waals surface area contributed by atoms with Crippen molar-refractivity contribution in [1.82, 2.24) is 5.43 Å². The quantitative estimate of drug-likeness (QED) is 0.561. The van der Waals surface area contributed by atoms with Crippen LogP contribution in [0.2, 0.25) is 0 Å². The molecule has 0 fully saturated rings. The number of hydrogen-bond donors (Lipinski definition) is 2. The lowest BCUT2D eigenvalue weighted by molar-refractivity contribution is -0.136. The summed E-state index contributed by atoms with van der Waals surface area (Å²) in [6, 6.07) is -0.256. The van der Waals surface area contributed by atoms with Crippen LogP contribution < -0.4 is 11.3 Å². The third kappa shape index (κ3) is 10.6. The molecule has 0 spiro atoms. The lowest BCUT2D eigenvalue weighted by atomic mass is 9.82. The topological polar surface area (TPSA) is 38.0 Å². The number of nitrogens with one attached hydrogen (secondary N) is 1. The monoisotopic (exact) mass is 254 g/mol. The van der Waals surface area contributed by atoms with Crippen LogP contribution in [0, 0.1) is 11.3 Å². The van der Waals surface area contributed by atoms with E-state index in [1.54, 1.807) is 0 Å². The first kappa shape index (κ1) is 16.7. The maximum absolute atomic E-state index is 12.1. The minimum absolute atomic E-state index is 0.0501. The second kappa shape index (κ2) is 6.59. The molecule has 0 bridgehead atoms. The number of alkyl halides is 3. The van der Waals surface area contributed by atoms with Gasteiger partial charge >= 0.3 is 6.18 Å². The molecule has 0 saturated heterocycles. The van der Waals surface area contributed by atoms with E-state index in [2.05, 4.69) is 33.1 Å². The smallest absolute Gasteiger partial charge is 0.271 e. The van der Waals surface area contributed by atoms with Crippen LogP contribution in [0.15, 0.2) is 0 Å². The van der Waals surface area contributed by atoms with Crippen molar-refractivity contribution in [1.29, 1.82) is 0 Å². The van der Waals surface area contributed by atoms with Gasteiger partial charge in [-0.15, -0.1) is 0 Å². The lowest BCUT2D eigenvalue weighted by Crippen LogP contribution is -2.37. The van der Waals surface area contributed by atoms with E-state index in [4.69, 9.17) is 5.84 Å². The summed E-state index contributed by atoms with van der Waals surface area (Å²) in [7, 11) is 0. The fourth-order valence-electron chi connectivity index (χ4n) is 2.22. The van der Waals surface area contributed by atoms with E-state index >= 15 is 0 Å². The standard InChI is InChI=1S/C12H25F3N2/c1-9(8-11(2,3)4)7-10(17-16)5-6-12(13,14)15/h9-10,17H,5-8,16H2,1-4H3. The first-order valence-electron chi connectivity index (χ1n) is 6.06. The first-order chi connectivity index (χ1) is 7.53. The van der Waals surface area contributed by atoms with E-state index in [0.717, 1.165) is 6.42 Å². The van der Waals surface area contributed by atoms with Crippen molar-refractivity contribution in [2.24, 2.45) is 17.2 Å². The van der Waals surface area contributed by atoms with Gasteiger partial charge < -0.3 is 0 Å². The van der Waals surface area contributed by atoms with Crippen molar-refractivity contribution in [3.05, 3.63) is 0 Å². The van der Waals surface area contributed by atoms with Crippen LogP contribution in [-0.2, 0) is 0 Å². The normalized spacial score (nSPS) is 16.9. The summed E-state index contributed by atoms with van der Waals surface area (Å²) in [4.78, 5) is 0. The van der Waals surface area contributed by atoms with Crippen molar-refractivity contribution in [3.63, 3.8) is 0 Å². The van der Waals surface area contributed by atoms with Crippen molar-refractivity contribution in [3.8, 4) is 0 Å². The highest BCUT2D eigenvalue weighted by atomic mass is 19.4. The second-order valence-corrected chi connectivity index (χ2v) is 6.12. The SMILES string of the molecule is CC(CC(CCC(F)(F)F)NN)CC(C)(C)C. The zero-order chi connectivity index (χ0) is 13.7. The Balaban J connectivity index is 4.04. The molecule has 104 valence electrons. The lowest BCUT2D eigenvalue weighted by Gasteiger charge is -2.26. The van der Waals surface area contributed by atoms with Crippen LogP contribution in [-0.4, -0.2) is 12.2 Å². The molecule has 0 aromatic carbocycles. The molecule has 17 heavy (non-hydrogen) atoms. The minimum atomic E-state index is -4.09. The van der Waals surface area contributed by atoms with Crippen LogP contribution in [0.25, 0.3) is 0 Å². The fraction of sp³-hybridized carbons (Fsp3) is 1.00. The Morgan fingerprint density at radius 1 is 1.18 bits per heavy atom. The maximum atomic E-state index is 12.1. The summed E-state index contributed by atoms with van der Waals surface area (Å²) in [6.07, 6.45) is -3.15. The summed E-state index contributed by atoms with van der Waals surface area (Å²) in [5.41, 5.74) is 2.69. The third-order valence-corrected chi connectivity index (χ3v) is 2.66. The van der Waals surface area contributed by atoms with E-state index in [0.29, 0.717) is 12.3 Å². The predicted molar refractivity (Wildman–Crippen MR) is 64.3 cm³/mol. The van der Waals surface area contributed by atoms with Crippen LogP contribution in [0.4, 0.5) is 13.2 Å². The number of halogens is 3. The molecular weight excluding hydrogens is 229 g/mol. The van der Waals surface area contributed by atoms with Crippen LogP contribution in [0.5, 0.6) is 0 Å². The van der Waals surface area contributed by atoms with E-state index in [9.17, 15) is 13.2 Å². The average Bonchev–Trinajstić information content (AvgIpc) is 2.07. The Morgan fingerprint density at radius 2 is 1.71 bits per heavy atom. The van der Waals surface area contributed by atoms with Gasteiger partial charge in [0.2, 0.25) is 0 Å². The van der Waals surface area contributed by atoms with Crippen molar-refractivity contribution < 1.29 is 13.2 Å². The largest absolute Gasteiger partial charge is 0.389 e. The highest BCUT2D eigenvalue weighted by Gasteiger charge is 2.28. The molecule has 0 aromatic rings. The van der Waals surface area contributed by atoms with Gasteiger partial charge in [0, 0.05) is 12.5 Å². The van der Waals surface area contributed by atoms with Crippen LogP contribution in [0.1, 0.15) is 53.4 Å². The summed E-state index contributed by atoms with van der Waals surface area (Å²) < 4.78 is 36.3. The molecule has 0 radical (unpaired) electrons. The van der Waals surface area contributed by atoms with Gasteiger partial charge in [-0.25, -0.2) is 0 Å². The Labute approximate surface area is 102 Å². The molecule has 0 heterocycles. The molecule has 0 rings (SSSR count). The van der Waals surface area contributed by atoms with E-state index in [1.807, 2.05) is 0 Å². The molecule has 0 aliphatic rings. The van der Waals surface area contributed by atoms with E-state index in [1.165, 1.54) is 0 Å². The van der Waals surface area contributed by atoms with Gasteiger partial charge in [-0.1, -0.05) is 27.7 Å². The highest BCUT2D eigenvalue weighted by molar-refractivity contribution is 4.73. The minimum Gasteiger partial charge on any atom is -0.271 e. The van der Waals surface area contributed by atoms with Gasteiger partial charge in [-0.2, -0.15) is 13.2 Å². The van der Waals surface area contributed by atoms with Gasteiger partial charge in [0.25, 0.3) is 0 Å². The average molecular weight is 254 g/mol. The molecule has 2 atom stereocenters. The third-order valence-electron chi connectivity index (χ3n) is 2.66. The highest BCUT2D eigenvalue weighted by Crippen LogP contribution is 2.28. The number of nitrogens with two attached hydrogens (primary N) is 1. The van der Waals surface area contributed by atoms with Crippen LogP contribution in [0.3, 0.4) is 0 Å². The number of hydrazine groups is 1. The van der Waals surface area contributed by atoms with Crippen molar-refractivity contribution in [2.45, 2.75) is 65.6 Å². The van der Waals surface area contributed by atoms with Gasteiger partial charge in [0.15, 0.2) is 0 Å². The van der Waals surface area contributed by atoms with Gasteiger partial charge in [0.05, 0.1) is 0 Å². The second-order valence-electron chi connectivity index (χ2n) is 6.12.